The van der Waals surface area contributed by atoms with E-state index in [0.29, 0.717) is 18.1 Å². The van der Waals surface area contributed by atoms with Crippen molar-refractivity contribution in [3.63, 3.8) is 0 Å². The van der Waals surface area contributed by atoms with Crippen molar-refractivity contribution >= 4 is 38.5 Å². The second-order valence-corrected chi connectivity index (χ2v) is 6.65. The second kappa shape index (κ2) is 6.44. The lowest BCUT2D eigenvalue weighted by Gasteiger charge is -2.19. The first-order valence-corrected chi connectivity index (χ1v) is 8.39. The van der Waals surface area contributed by atoms with E-state index in [2.05, 4.69) is 10.3 Å². The Labute approximate surface area is 133 Å². The highest BCUT2D eigenvalue weighted by atomic mass is 32.1. The number of nitrogens with zero attached hydrogens (tertiary/aromatic N) is 2. The minimum atomic E-state index is -0.174. The molecule has 22 heavy (non-hydrogen) atoms. The Morgan fingerprint density at radius 1 is 1.36 bits per heavy atom. The number of hydrogen-bond acceptors (Lipinski definition) is 4. The van der Waals surface area contributed by atoms with E-state index >= 15 is 0 Å². The predicted molar refractivity (Wildman–Crippen MR) is 88.0 cm³/mol. The van der Waals surface area contributed by atoms with Crippen molar-refractivity contribution < 1.29 is 9.59 Å². The van der Waals surface area contributed by atoms with Crippen molar-refractivity contribution in [3.05, 3.63) is 23.8 Å². The molecule has 5 nitrogen and oxygen atoms in total. The van der Waals surface area contributed by atoms with E-state index in [-0.39, 0.29) is 18.4 Å². The quantitative estimate of drug-likeness (QED) is 0.946. The highest BCUT2D eigenvalue weighted by molar-refractivity contribution is 7.22. The molecule has 1 aliphatic heterocycles. The van der Waals surface area contributed by atoms with Gasteiger partial charge in [-0.2, -0.15) is 0 Å². The number of aryl methyl sites for hydroxylation is 1. The van der Waals surface area contributed by atoms with Crippen molar-refractivity contribution in [1.29, 1.82) is 0 Å². The normalized spacial score (nSPS) is 15.9. The summed E-state index contributed by atoms with van der Waals surface area (Å²) >= 11 is 1.46. The molecule has 1 fully saturated rings. The Morgan fingerprint density at radius 3 is 3.05 bits per heavy atom. The third kappa shape index (κ3) is 3.27. The number of fused-ring (bicyclic) bond motifs is 1. The number of carbonyl (C=O) groups excluding carboxylic acids is 2. The highest BCUT2D eigenvalue weighted by Gasteiger charge is 2.19. The largest absolute Gasteiger partial charge is 0.333 e. The summed E-state index contributed by atoms with van der Waals surface area (Å²) in [5.74, 6) is -0.0975. The Hall–Kier alpha value is -1.95. The van der Waals surface area contributed by atoms with Crippen molar-refractivity contribution in [1.82, 2.24) is 9.88 Å². The summed E-state index contributed by atoms with van der Waals surface area (Å²) in [4.78, 5) is 30.2. The molecule has 1 saturated heterocycles. The van der Waals surface area contributed by atoms with Crippen LogP contribution in [0.1, 0.15) is 31.2 Å². The Morgan fingerprint density at radius 2 is 2.23 bits per heavy atom. The number of aromatic nitrogens is 1. The van der Waals surface area contributed by atoms with Crippen LogP contribution in [0.2, 0.25) is 0 Å². The summed E-state index contributed by atoms with van der Waals surface area (Å²) in [7, 11) is 0. The van der Waals surface area contributed by atoms with Gasteiger partial charge in [-0.15, -0.1) is 0 Å². The van der Waals surface area contributed by atoms with E-state index in [9.17, 15) is 9.59 Å². The highest BCUT2D eigenvalue weighted by Crippen LogP contribution is 2.27. The van der Waals surface area contributed by atoms with Crippen LogP contribution < -0.4 is 5.32 Å². The van der Waals surface area contributed by atoms with E-state index in [1.807, 2.05) is 25.1 Å². The van der Waals surface area contributed by atoms with Gasteiger partial charge in [-0.3, -0.25) is 9.59 Å². The first kappa shape index (κ1) is 15.0. The maximum Gasteiger partial charge on any atom is 0.245 e. The second-order valence-electron chi connectivity index (χ2n) is 5.61. The number of carbonyl (C=O) groups is 2. The summed E-state index contributed by atoms with van der Waals surface area (Å²) in [6.07, 6.45) is 3.50. The first-order chi connectivity index (χ1) is 10.6. The van der Waals surface area contributed by atoms with Crippen LogP contribution in [0.4, 0.5) is 5.13 Å². The molecule has 0 atom stereocenters. The summed E-state index contributed by atoms with van der Waals surface area (Å²) in [6.45, 7) is 2.79. The van der Waals surface area contributed by atoms with Gasteiger partial charge in [-0.05, 0) is 31.4 Å². The molecule has 1 aliphatic rings. The van der Waals surface area contributed by atoms with E-state index in [1.54, 1.807) is 4.90 Å². The zero-order valence-electron chi connectivity index (χ0n) is 12.6. The zero-order valence-corrected chi connectivity index (χ0v) is 13.4. The molecule has 0 aliphatic carbocycles. The van der Waals surface area contributed by atoms with Crippen LogP contribution in [0.5, 0.6) is 0 Å². The van der Waals surface area contributed by atoms with Crippen LogP contribution in [-0.2, 0) is 9.59 Å². The number of nitrogens with one attached hydrogen (secondary N) is 1. The van der Waals surface area contributed by atoms with Crippen LogP contribution >= 0.6 is 11.3 Å². The van der Waals surface area contributed by atoms with Gasteiger partial charge in [0.25, 0.3) is 0 Å². The van der Waals surface area contributed by atoms with E-state index < -0.39 is 0 Å². The molecule has 2 amide bonds. The van der Waals surface area contributed by atoms with Crippen molar-refractivity contribution in [2.75, 3.05) is 18.4 Å². The molecule has 116 valence electrons. The molecule has 2 aromatic rings. The standard InChI is InChI=1S/C16H19N3O2S/c1-11-6-5-7-12-15(11)18-16(22-12)17-13(20)10-19-9-4-2-3-8-14(19)21/h5-7H,2-4,8-10H2,1H3,(H,17,18,20). The fourth-order valence-corrected chi connectivity index (χ4v) is 3.64. The minimum absolute atomic E-state index is 0.0767. The van der Waals surface area contributed by atoms with Gasteiger partial charge in [0, 0.05) is 13.0 Å². The number of para-hydroxylation sites is 1. The summed E-state index contributed by atoms with van der Waals surface area (Å²) < 4.78 is 1.06. The van der Waals surface area contributed by atoms with Crippen LogP contribution in [0.3, 0.4) is 0 Å². The van der Waals surface area contributed by atoms with Crippen LogP contribution in [0.15, 0.2) is 18.2 Å². The molecule has 0 bridgehead atoms. The third-order valence-corrected chi connectivity index (χ3v) is 4.81. The Kier molecular flexibility index (Phi) is 4.38. The summed E-state index contributed by atoms with van der Waals surface area (Å²) in [5.41, 5.74) is 2.02. The Bertz CT molecular complexity index is 710. The van der Waals surface area contributed by atoms with Gasteiger partial charge < -0.3 is 10.2 Å². The van der Waals surface area contributed by atoms with Gasteiger partial charge in [0.2, 0.25) is 11.8 Å². The predicted octanol–water partition coefficient (Wildman–Crippen LogP) is 2.95. The number of amides is 2. The molecular weight excluding hydrogens is 298 g/mol. The van der Waals surface area contributed by atoms with Crippen LogP contribution in [-0.4, -0.2) is 34.8 Å². The molecule has 2 heterocycles. The van der Waals surface area contributed by atoms with E-state index in [0.717, 1.165) is 35.0 Å². The van der Waals surface area contributed by atoms with Gasteiger partial charge >= 0.3 is 0 Å². The van der Waals surface area contributed by atoms with Crippen molar-refractivity contribution in [2.24, 2.45) is 0 Å². The average Bonchev–Trinajstić information content (AvgIpc) is 2.78. The number of anilines is 1. The van der Waals surface area contributed by atoms with Gasteiger partial charge in [-0.1, -0.05) is 29.9 Å². The van der Waals surface area contributed by atoms with Gasteiger partial charge in [0.15, 0.2) is 5.13 Å². The van der Waals surface area contributed by atoms with Crippen LogP contribution in [0.25, 0.3) is 10.2 Å². The topological polar surface area (TPSA) is 62.3 Å². The maximum atomic E-state index is 12.2. The SMILES string of the molecule is Cc1cccc2sc(NC(=O)CN3CCCCCC3=O)nc12. The molecule has 0 unspecified atom stereocenters. The van der Waals surface area contributed by atoms with Gasteiger partial charge in [-0.25, -0.2) is 4.98 Å². The van der Waals surface area contributed by atoms with Gasteiger partial charge in [0.1, 0.15) is 0 Å². The Balaban J connectivity index is 1.67. The lowest BCUT2D eigenvalue weighted by atomic mass is 10.2. The van der Waals surface area contributed by atoms with E-state index in [1.165, 1.54) is 11.3 Å². The van der Waals surface area contributed by atoms with Crippen molar-refractivity contribution in [3.8, 4) is 0 Å². The number of likely N-dealkylation sites (tertiary alicyclic amines) is 1. The molecule has 0 saturated carbocycles. The molecule has 6 heteroatoms. The van der Waals surface area contributed by atoms with E-state index in [4.69, 9.17) is 0 Å². The third-order valence-electron chi connectivity index (χ3n) is 3.87. The lowest BCUT2D eigenvalue weighted by Crippen LogP contribution is -2.37. The van der Waals surface area contributed by atoms with Crippen molar-refractivity contribution in [2.45, 2.75) is 32.6 Å². The minimum Gasteiger partial charge on any atom is -0.333 e. The van der Waals surface area contributed by atoms with Crippen LogP contribution in [0, 0.1) is 6.92 Å². The molecule has 0 spiro atoms. The fraction of sp³-hybridized carbons (Fsp3) is 0.438. The maximum absolute atomic E-state index is 12.2. The average molecular weight is 317 g/mol. The molecule has 1 aromatic heterocycles. The molecule has 0 radical (unpaired) electrons. The summed E-state index contributed by atoms with van der Waals surface area (Å²) in [6, 6.07) is 5.98. The molecule has 1 N–H and O–H groups in total. The fourth-order valence-electron chi connectivity index (χ4n) is 2.68. The summed E-state index contributed by atoms with van der Waals surface area (Å²) in [5, 5.41) is 3.42. The zero-order chi connectivity index (χ0) is 15.5. The molecule has 1 aromatic carbocycles. The number of thiazole rings is 1. The smallest absolute Gasteiger partial charge is 0.245 e. The first-order valence-electron chi connectivity index (χ1n) is 7.57. The number of benzene rings is 1. The lowest BCUT2D eigenvalue weighted by molar-refractivity contribution is -0.134. The number of hydrogen-bond donors (Lipinski definition) is 1. The van der Waals surface area contributed by atoms with Gasteiger partial charge in [0.05, 0.1) is 16.8 Å². The molecular formula is C16H19N3O2S. The molecule has 3 rings (SSSR count). The monoisotopic (exact) mass is 317 g/mol. The number of rotatable bonds is 3.